The molecule has 0 bridgehead atoms. The van der Waals surface area contributed by atoms with E-state index in [2.05, 4.69) is 0 Å². The summed E-state index contributed by atoms with van der Waals surface area (Å²) < 4.78 is 26.8. The predicted molar refractivity (Wildman–Crippen MR) is 82.1 cm³/mol. The number of hydrogen-bond donors (Lipinski definition) is 1. The molecule has 1 aliphatic rings. The van der Waals surface area contributed by atoms with Gasteiger partial charge in [-0.1, -0.05) is 13.8 Å². The standard InChI is InChI=1S/C14H21NO4S2/c1-9(2)14(13(16)17)5-6-15(8-14)21(18,19)12-7-10(3)20-11(12)4/h7,9H,5-6,8H2,1-4H3,(H,16,17). The van der Waals surface area contributed by atoms with Crippen molar-refractivity contribution in [2.75, 3.05) is 13.1 Å². The van der Waals surface area contributed by atoms with Crippen molar-refractivity contribution >= 4 is 27.3 Å². The molecule has 0 aromatic carbocycles. The van der Waals surface area contributed by atoms with Crippen LogP contribution in [-0.4, -0.2) is 36.9 Å². The number of thiophene rings is 1. The van der Waals surface area contributed by atoms with Gasteiger partial charge in [-0.2, -0.15) is 4.31 Å². The topological polar surface area (TPSA) is 74.7 Å². The lowest BCUT2D eigenvalue weighted by atomic mass is 9.77. The first kappa shape index (κ1) is 16.5. The summed E-state index contributed by atoms with van der Waals surface area (Å²) in [4.78, 5) is 13.6. The molecular formula is C14H21NO4S2. The zero-order valence-corrected chi connectivity index (χ0v) is 14.3. The van der Waals surface area contributed by atoms with E-state index >= 15 is 0 Å². The third kappa shape index (κ3) is 2.62. The Balaban J connectivity index is 2.37. The highest BCUT2D eigenvalue weighted by Gasteiger charge is 2.50. The van der Waals surface area contributed by atoms with Crippen molar-refractivity contribution in [3.63, 3.8) is 0 Å². The van der Waals surface area contributed by atoms with E-state index in [1.807, 2.05) is 20.8 Å². The minimum Gasteiger partial charge on any atom is -0.481 e. The fourth-order valence-corrected chi connectivity index (χ4v) is 5.93. The minimum atomic E-state index is -3.61. The largest absolute Gasteiger partial charge is 0.481 e. The number of carboxylic acids is 1. The highest BCUT2D eigenvalue weighted by molar-refractivity contribution is 7.89. The molecule has 0 saturated carbocycles. The maximum atomic E-state index is 12.7. The van der Waals surface area contributed by atoms with E-state index in [1.54, 1.807) is 13.0 Å². The molecule has 2 heterocycles. The Bertz CT molecular complexity index is 663. The van der Waals surface area contributed by atoms with E-state index in [0.717, 1.165) is 9.75 Å². The van der Waals surface area contributed by atoms with Crippen molar-refractivity contribution in [3.8, 4) is 0 Å². The van der Waals surface area contributed by atoms with Gasteiger partial charge in [0.25, 0.3) is 0 Å². The fraction of sp³-hybridized carbons (Fsp3) is 0.643. The smallest absolute Gasteiger partial charge is 0.311 e. The summed E-state index contributed by atoms with van der Waals surface area (Å²) in [6.45, 7) is 7.65. The molecule has 0 spiro atoms. The number of sulfonamides is 1. The summed E-state index contributed by atoms with van der Waals surface area (Å²) in [6, 6.07) is 1.67. The second kappa shape index (κ2) is 5.37. The van der Waals surface area contributed by atoms with Gasteiger partial charge >= 0.3 is 5.97 Å². The molecule has 1 saturated heterocycles. The van der Waals surface area contributed by atoms with Gasteiger partial charge in [-0.3, -0.25) is 4.79 Å². The second-order valence-corrected chi connectivity index (χ2v) is 9.35. The van der Waals surface area contributed by atoms with E-state index in [0.29, 0.717) is 11.3 Å². The highest BCUT2D eigenvalue weighted by Crippen LogP contribution is 2.41. The predicted octanol–water partition coefficient (Wildman–Crippen LogP) is 2.49. The third-order valence-corrected chi connectivity index (χ3v) is 7.48. The lowest BCUT2D eigenvalue weighted by Gasteiger charge is -2.28. The molecule has 1 fully saturated rings. The third-order valence-electron chi connectivity index (χ3n) is 4.41. The Morgan fingerprint density at radius 2 is 2.05 bits per heavy atom. The van der Waals surface area contributed by atoms with Gasteiger partial charge in [0.1, 0.15) is 0 Å². The van der Waals surface area contributed by atoms with E-state index in [9.17, 15) is 18.3 Å². The zero-order valence-electron chi connectivity index (χ0n) is 12.7. The number of carboxylic acid groups (broad SMARTS) is 1. The quantitative estimate of drug-likeness (QED) is 0.920. The Hall–Kier alpha value is -0.920. The van der Waals surface area contributed by atoms with Crippen LogP contribution in [0.5, 0.6) is 0 Å². The van der Waals surface area contributed by atoms with Crippen LogP contribution < -0.4 is 0 Å². The van der Waals surface area contributed by atoms with E-state index in [1.165, 1.54) is 15.6 Å². The molecule has 0 radical (unpaired) electrons. The molecule has 0 aliphatic carbocycles. The van der Waals surface area contributed by atoms with Gasteiger partial charge in [0, 0.05) is 22.8 Å². The van der Waals surface area contributed by atoms with Gasteiger partial charge in [-0.15, -0.1) is 11.3 Å². The van der Waals surface area contributed by atoms with Crippen LogP contribution in [0.1, 0.15) is 30.0 Å². The van der Waals surface area contributed by atoms with Gasteiger partial charge in [-0.05, 0) is 32.3 Å². The van der Waals surface area contributed by atoms with Gasteiger partial charge < -0.3 is 5.11 Å². The molecule has 1 aromatic heterocycles. The number of aryl methyl sites for hydroxylation is 2. The first-order valence-electron chi connectivity index (χ1n) is 6.92. The van der Waals surface area contributed by atoms with Crippen LogP contribution in [0.3, 0.4) is 0 Å². The second-order valence-electron chi connectivity index (χ2n) is 5.98. The molecule has 1 unspecified atom stereocenters. The van der Waals surface area contributed by atoms with Crippen molar-refractivity contribution in [1.29, 1.82) is 0 Å². The maximum Gasteiger partial charge on any atom is 0.311 e. The first-order valence-corrected chi connectivity index (χ1v) is 9.17. The molecule has 1 aliphatic heterocycles. The normalized spacial score (nSPS) is 23.9. The Kier molecular flexibility index (Phi) is 4.21. The van der Waals surface area contributed by atoms with Crippen molar-refractivity contribution in [2.24, 2.45) is 11.3 Å². The molecule has 5 nitrogen and oxygen atoms in total. The summed E-state index contributed by atoms with van der Waals surface area (Å²) in [7, 11) is -3.61. The fourth-order valence-electron chi connectivity index (χ4n) is 2.90. The van der Waals surface area contributed by atoms with Crippen molar-refractivity contribution in [2.45, 2.75) is 39.0 Å². The number of aliphatic carboxylic acids is 1. The molecule has 0 amide bonds. The maximum absolute atomic E-state index is 12.7. The number of carbonyl (C=O) groups is 1. The number of nitrogens with zero attached hydrogens (tertiary/aromatic N) is 1. The van der Waals surface area contributed by atoms with Crippen LogP contribution in [0, 0.1) is 25.2 Å². The number of rotatable bonds is 4. The average molecular weight is 331 g/mol. The van der Waals surface area contributed by atoms with Gasteiger partial charge in [-0.25, -0.2) is 8.42 Å². The van der Waals surface area contributed by atoms with Crippen LogP contribution in [0.2, 0.25) is 0 Å². The molecule has 1 atom stereocenters. The Morgan fingerprint density at radius 3 is 2.43 bits per heavy atom. The van der Waals surface area contributed by atoms with Crippen molar-refractivity contribution in [3.05, 3.63) is 15.8 Å². The van der Waals surface area contributed by atoms with E-state index < -0.39 is 21.4 Å². The lowest BCUT2D eigenvalue weighted by Crippen LogP contribution is -2.40. The first-order chi connectivity index (χ1) is 9.61. The van der Waals surface area contributed by atoms with Crippen LogP contribution in [0.4, 0.5) is 0 Å². The summed E-state index contributed by atoms with van der Waals surface area (Å²) in [6.07, 6.45) is 0.362. The Morgan fingerprint density at radius 1 is 1.43 bits per heavy atom. The highest BCUT2D eigenvalue weighted by atomic mass is 32.2. The molecule has 1 N–H and O–H groups in total. The van der Waals surface area contributed by atoms with Crippen molar-refractivity contribution < 1.29 is 18.3 Å². The summed E-state index contributed by atoms with van der Waals surface area (Å²) in [5.74, 6) is -1.02. The molecule has 1 aromatic rings. The van der Waals surface area contributed by atoms with Crippen molar-refractivity contribution in [1.82, 2.24) is 4.31 Å². The van der Waals surface area contributed by atoms with Gasteiger partial charge in [0.05, 0.1) is 10.3 Å². The number of hydrogen-bond acceptors (Lipinski definition) is 4. The summed E-state index contributed by atoms with van der Waals surface area (Å²) >= 11 is 1.45. The Labute approximate surface area is 129 Å². The van der Waals surface area contributed by atoms with E-state index in [-0.39, 0.29) is 19.0 Å². The van der Waals surface area contributed by atoms with E-state index in [4.69, 9.17) is 0 Å². The summed E-state index contributed by atoms with van der Waals surface area (Å²) in [5, 5.41) is 9.53. The van der Waals surface area contributed by atoms with Crippen LogP contribution in [0.15, 0.2) is 11.0 Å². The molecule has 118 valence electrons. The lowest BCUT2D eigenvalue weighted by molar-refractivity contribution is -0.150. The minimum absolute atomic E-state index is 0.0522. The molecule has 2 rings (SSSR count). The average Bonchev–Trinajstić information content (AvgIpc) is 2.94. The van der Waals surface area contributed by atoms with Crippen LogP contribution in [0.25, 0.3) is 0 Å². The van der Waals surface area contributed by atoms with Crippen LogP contribution in [-0.2, 0) is 14.8 Å². The van der Waals surface area contributed by atoms with Gasteiger partial charge in [0.15, 0.2) is 0 Å². The summed E-state index contributed by atoms with van der Waals surface area (Å²) in [5.41, 5.74) is -0.980. The molecular weight excluding hydrogens is 310 g/mol. The SMILES string of the molecule is Cc1cc(S(=O)(=O)N2CCC(C(=O)O)(C(C)C)C2)c(C)s1. The molecule has 21 heavy (non-hydrogen) atoms. The van der Waals surface area contributed by atoms with Crippen LogP contribution >= 0.6 is 11.3 Å². The monoisotopic (exact) mass is 331 g/mol. The van der Waals surface area contributed by atoms with Gasteiger partial charge in [0.2, 0.25) is 10.0 Å². The molecule has 7 heteroatoms. The zero-order chi connectivity index (χ0) is 16.0.